The van der Waals surface area contributed by atoms with Crippen LogP contribution in [0.3, 0.4) is 0 Å². The number of nitrogens with one attached hydrogen (secondary N) is 1. The largest absolute Gasteiger partial charge is 0.355 e. The van der Waals surface area contributed by atoms with Crippen LogP contribution in [0.2, 0.25) is 0 Å². The molecule has 0 unspecified atom stereocenters. The lowest BCUT2D eigenvalue weighted by atomic mass is 9.87. The second-order valence-electron chi connectivity index (χ2n) is 8.83. The molecule has 0 atom stereocenters. The van der Waals surface area contributed by atoms with Crippen LogP contribution in [0.1, 0.15) is 58.9 Å². The summed E-state index contributed by atoms with van der Waals surface area (Å²) in [6.07, 6.45) is 1.75. The Bertz CT molecular complexity index is 1140. The summed E-state index contributed by atoms with van der Waals surface area (Å²) in [4.78, 5) is 34.2. The van der Waals surface area contributed by atoms with Crippen molar-refractivity contribution in [2.24, 2.45) is 0 Å². The first kappa shape index (κ1) is 21.5. The van der Waals surface area contributed by atoms with Crippen LogP contribution in [0.4, 0.5) is 11.6 Å². The number of hydrogen-bond acceptors (Lipinski definition) is 5. The fourth-order valence-corrected chi connectivity index (χ4v) is 3.12. The van der Waals surface area contributed by atoms with Crippen LogP contribution >= 0.6 is 0 Å². The zero-order valence-corrected chi connectivity index (χ0v) is 18.4. The Kier molecular flexibility index (Phi) is 5.92. The number of hydrogen-bond donors (Lipinski definition) is 1. The van der Waals surface area contributed by atoms with Crippen molar-refractivity contribution < 1.29 is 1.43 Å². The number of benzene rings is 1. The van der Waals surface area contributed by atoms with Crippen molar-refractivity contribution in [3.63, 3.8) is 0 Å². The first-order chi connectivity index (χ1) is 14.1. The van der Waals surface area contributed by atoms with Crippen molar-refractivity contribution in [1.29, 1.82) is 0 Å². The van der Waals surface area contributed by atoms with E-state index in [2.05, 4.69) is 36.1 Å². The SMILES string of the molecule is Cc1ccc(Cn2c(Nc3ccc(C(C)(C)C)cc3)nc(=O)n(C(C)C)c2=O)nc1.[HH]. The molecule has 0 spiro atoms. The van der Waals surface area contributed by atoms with Crippen LogP contribution in [-0.2, 0) is 12.0 Å². The highest BCUT2D eigenvalue weighted by molar-refractivity contribution is 5.54. The molecule has 0 aliphatic rings. The second kappa shape index (κ2) is 8.26. The first-order valence-corrected chi connectivity index (χ1v) is 10.1. The number of aryl methyl sites for hydroxylation is 1. The van der Waals surface area contributed by atoms with E-state index in [0.29, 0.717) is 5.69 Å². The summed E-state index contributed by atoms with van der Waals surface area (Å²) >= 11 is 0. The molecule has 7 heteroatoms. The third-order valence-electron chi connectivity index (χ3n) is 4.92. The molecular weight excluding hydrogens is 378 g/mol. The van der Waals surface area contributed by atoms with Gasteiger partial charge in [0.25, 0.3) is 0 Å². The third-order valence-corrected chi connectivity index (χ3v) is 4.92. The lowest BCUT2D eigenvalue weighted by Crippen LogP contribution is -2.43. The number of rotatable bonds is 5. The molecule has 1 aromatic carbocycles. The van der Waals surface area contributed by atoms with Crippen molar-refractivity contribution in [1.82, 2.24) is 19.1 Å². The number of nitrogens with zero attached hydrogens (tertiary/aromatic N) is 4. The van der Waals surface area contributed by atoms with E-state index in [1.807, 2.05) is 43.3 Å². The van der Waals surface area contributed by atoms with Gasteiger partial charge < -0.3 is 5.32 Å². The summed E-state index contributed by atoms with van der Waals surface area (Å²) in [7, 11) is 0. The van der Waals surface area contributed by atoms with E-state index in [0.717, 1.165) is 15.8 Å². The zero-order valence-electron chi connectivity index (χ0n) is 18.4. The summed E-state index contributed by atoms with van der Waals surface area (Å²) < 4.78 is 2.61. The molecule has 0 bridgehead atoms. The van der Waals surface area contributed by atoms with E-state index in [1.165, 1.54) is 10.1 Å². The molecule has 3 aromatic rings. The summed E-state index contributed by atoms with van der Waals surface area (Å²) in [6.45, 7) is 12.2. The highest BCUT2D eigenvalue weighted by atomic mass is 16.2. The maximum Gasteiger partial charge on any atom is 0.355 e. The van der Waals surface area contributed by atoms with Gasteiger partial charge in [-0.3, -0.25) is 9.55 Å². The van der Waals surface area contributed by atoms with Gasteiger partial charge in [0.15, 0.2) is 0 Å². The maximum absolute atomic E-state index is 13.1. The molecule has 0 radical (unpaired) electrons. The molecular formula is C23H31N5O2. The van der Waals surface area contributed by atoms with Crippen molar-refractivity contribution in [2.75, 3.05) is 5.32 Å². The second-order valence-corrected chi connectivity index (χ2v) is 8.83. The minimum absolute atomic E-state index is 0. The smallest absolute Gasteiger partial charge is 0.325 e. The van der Waals surface area contributed by atoms with E-state index < -0.39 is 11.4 Å². The Morgan fingerprint density at radius 1 is 1.07 bits per heavy atom. The van der Waals surface area contributed by atoms with Gasteiger partial charge in [-0.1, -0.05) is 39.0 Å². The van der Waals surface area contributed by atoms with Crippen molar-refractivity contribution in [3.8, 4) is 0 Å². The van der Waals surface area contributed by atoms with Gasteiger partial charge in [0.2, 0.25) is 5.95 Å². The highest BCUT2D eigenvalue weighted by Crippen LogP contribution is 2.24. The summed E-state index contributed by atoms with van der Waals surface area (Å²) in [5.74, 6) is 0.202. The van der Waals surface area contributed by atoms with Gasteiger partial charge in [0, 0.05) is 19.4 Å². The number of pyridine rings is 1. The lowest BCUT2D eigenvalue weighted by Gasteiger charge is -2.20. The van der Waals surface area contributed by atoms with Crippen LogP contribution in [0.5, 0.6) is 0 Å². The Morgan fingerprint density at radius 3 is 2.27 bits per heavy atom. The fraction of sp³-hybridized carbons (Fsp3) is 0.391. The van der Waals surface area contributed by atoms with Gasteiger partial charge in [-0.05, 0) is 55.5 Å². The van der Waals surface area contributed by atoms with Crippen molar-refractivity contribution >= 4 is 11.6 Å². The van der Waals surface area contributed by atoms with Crippen LogP contribution in [0.25, 0.3) is 0 Å². The molecule has 7 nitrogen and oxygen atoms in total. The molecule has 0 fully saturated rings. The van der Waals surface area contributed by atoms with Gasteiger partial charge >= 0.3 is 11.4 Å². The number of aromatic nitrogens is 4. The van der Waals surface area contributed by atoms with Crippen LogP contribution in [-0.4, -0.2) is 19.1 Å². The Morgan fingerprint density at radius 2 is 1.73 bits per heavy atom. The molecule has 3 rings (SSSR count). The number of anilines is 2. The van der Waals surface area contributed by atoms with Crippen LogP contribution in [0.15, 0.2) is 52.2 Å². The molecule has 0 aliphatic carbocycles. The minimum Gasteiger partial charge on any atom is -0.325 e. The average Bonchev–Trinajstić information content (AvgIpc) is 2.65. The zero-order chi connectivity index (χ0) is 22.1. The Hall–Kier alpha value is -3.22. The van der Waals surface area contributed by atoms with E-state index in [4.69, 9.17) is 0 Å². The van der Waals surface area contributed by atoms with Gasteiger partial charge in [0.05, 0.1) is 12.2 Å². The average molecular weight is 410 g/mol. The summed E-state index contributed by atoms with van der Waals surface area (Å²) in [5, 5.41) is 3.14. The van der Waals surface area contributed by atoms with E-state index in [-0.39, 0.29) is 25.4 Å². The summed E-state index contributed by atoms with van der Waals surface area (Å²) in [5.41, 5.74) is 2.74. The first-order valence-electron chi connectivity index (χ1n) is 10.1. The van der Waals surface area contributed by atoms with Gasteiger partial charge in [-0.2, -0.15) is 4.98 Å². The summed E-state index contributed by atoms with van der Waals surface area (Å²) in [6, 6.07) is 11.4. The third kappa shape index (κ3) is 4.67. The molecule has 30 heavy (non-hydrogen) atoms. The fourth-order valence-electron chi connectivity index (χ4n) is 3.12. The lowest BCUT2D eigenvalue weighted by molar-refractivity contribution is 0.495. The highest BCUT2D eigenvalue weighted by Gasteiger charge is 2.17. The van der Waals surface area contributed by atoms with Crippen LogP contribution < -0.4 is 16.7 Å². The maximum atomic E-state index is 13.1. The molecule has 0 amide bonds. The standard InChI is InChI=1S/C23H29N5O2.H2/c1-15(2)28-21(29)26-20(25-18-11-8-17(9-12-18)23(4,5)6)27(22(28)30)14-19-10-7-16(3)13-24-19;/h7-13,15H,14H2,1-6H3,(H,25,26,29);1H. The Labute approximate surface area is 177 Å². The van der Waals surface area contributed by atoms with E-state index >= 15 is 0 Å². The normalized spacial score (nSPS) is 11.7. The van der Waals surface area contributed by atoms with Gasteiger partial charge in [0.1, 0.15) is 0 Å². The molecule has 0 saturated carbocycles. The monoisotopic (exact) mass is 409 g/mol. The van der Waals surface area contributed by atoms with Crippen LogP contribution in [0, 0.1) is 6.92 Å². The van der Waals surface area contributed by atoms with Crippen molar-refractivity contribution in [3.05, 3.63) is 80.4 Å². The van der Waals surface area contributed by atoms with E-state index in [9.17, 15) is 9.59 Å². The van der Waals surface area contributed by atoms with Crippen molar-refractivity contribution in [2.45, 2.75) is 59.5 Å². The van der Waals surface area contributed by atoms with Gasteiger partial charge in [-0.25, -0.2) is 14.2 Å². The minimum atomic E-state index is -0.572. The predicted molar refractivity (Wildman–Crippen MR) is 122 cm³/mol. The predicted octanol–water partition coefficient (Wildman–Crippen LogP) is 4.02. The molecule has 0 saturated heterocycles. The van der Waals surface area contributed by atoms with Gasteiger partial charge in [-0.15, -0.1) is 0 Å². The quantitative estimate of drug-likeness (QED) is 0.688. The topological polar surface area (TPSA) is 81.8 Å². The molecule has 0 aliphatic heterocycles. The van der Waals surface area contributed by atoms with E-state index in [1.54, 1.807) is 20.0 Å². The molecule has 160 valence electrons. The molecule has 2 heterocycles. The Balaban J connectivity index is 0.00000341. The molecule has 1 N–H and O–H groups in total. The molecule has 2 aromatic heterocycles.